The predicted octanol–water partition coefficient (Wildman–Crippen LogP) is 9.48. The first-order valence-electron chi connectivity index (χ1n) is 18.1. The van der Waals surface area contributed by atoms with Gasteiger partial charge in [0.25, 0.3) is 0 Å². The van der Waals surface area contributed by atoms with Crippen molar-refractivity contribution >= 4 is 5.91 Å². The van der Waals surface area contributed by atoms with Gasteiger partial charge in [0, 0.05) is 6.42 Å². The van der Waals surface area contributed by atoms with Gasteiger partial charge in [0.2, 0.25) is 5.91 Å². The third-order valence-corrected chi connectivity index (χ3v) is 8.29. The van der Waals surface area contributed by atoms with Crippen LogP contribution in [-0.4, -0.2) is 46.1 Å². The first kappa shape index (κ1) is 40.8. The van der Waals surface area contributed by atoms with E-state index in [1.54, 1.807) is 0 Å². The van der Waals surface area contributed by atoms with Crippen LogP contribution in [0.4, 0.5) is 0 Å². The molecule has 0 fully saturated rings. The summed E-state index contributed by atoms with van der Waals surface area (Å²) < 4.78 is 0. The summed E-state index contributed by atoms with van der Waals surface area (Å²) in [6.07, 6.45) is 37.0. The molecule has 0 aliphatic heterocycles. The minimum atomic E-state index is -1.16. The molecule has 0 aliphatic rings. The summed E-state index contributed by atoms with van der Waals surface area (Å²) in [4.78, 5) is 12.3. The zero-order chi connectivity index (χ0) is 30.9. The number of rotatable bonds is 32. The van der Waals surface area contributed by atoms with Crippen molar-refractivity contribution in [2.45, 2.75) is 199 Å². The fourth-order valence-electron chi connectivity index (χ4n) is 5.40. The molecule has 0 bridgehead atoms. The Balaban J connectivity index is 3.71. The Morgan fingerprint density at radius 1 is 0.571 bits per heavy atom. The number of hydrogen-bond acceptors (Lipinski definition) is 4. The van der Waals surface area contributed by atoms with Crippen LogP contribution < -0.4 is 5.32 Å². The molecule has 0 spiro atoms. The Morgan fingerprint density at radius 3 is 1.43 bits per heavy atom. The predicted molar refractivity (Wildman–Crippen MR) is 181 cm³/mol. The highest BCUT2D eigenvalue weighted by molar-refractivity contribution is 5.76. The summed E-state index contributed by atoms with van der Waals surface area (Å²) in [6, 6.07) is -0.826. The molecule has 4 N–H and O–H groups in total. The highest BCUT2D eigenvalue weighted by Gasteiger charge is 2.26. The van der Waals surface area contributed by atoms with Crippen LogP contribution in [0.2, 0.25) is 0 Å². The van der Waals surface area contributed by atoms with E-state index in [9.17, 15) is 20.1 Å². The van der Waals surface area contributed by atoms with E-state index < -0.39 is 18.2 Å². The van der Waals surface area contributed by atoms with Crippen LogP contribution in [0.25, 0.3) is 0 Å². The van der Waals surface area contributed by atoms with E-state index in [2.05, 4.69) is 43.5 Å². The lowest BCUT2D eigenvalue weighted by atomic mass is 10.0. The minimum absolute atomic E-state index is 0.159. The van der Waals surface area contributed by atoms with Crippen molar-refractivity contribution in [3.05, 3.63) is 24.3 Å². The molecule has 0 heterocycles. The second-order valence-corrected chi connectivity index (χ2v) is 12.4. The fraction of sp³-hybridized carbons (Fsp3) is 0.865. The van der Waals surface area contributed by atoms with Gasteiger partial charge in [0.1, 0.15) is 6.10 Å². The summed E-state index contributed by atoms with van der Waals surface area (Å²) in [5.41, 5.74) is 0. The molecule has 3 unspecified atom stereocenters. The molecule has 1 amide bonds. The zero-order valence-corrected chi connectivity index (χ0v) is 27.9. The summed E-state index contributed by atoms with van der Waals surface area (Å²) in [7, 11) is 0. The number of amides is 1. The Hall–Kier alpha value is -1.17. The molecule has 248 valence electrons. The molecule has 0 aromatic carbocycles. The second-order valence-electron chi connectivity index (χ2n) is 12.4. The van der Waals surface area contributed by atoms with Crippen LogP contribution in [-0.2, 0) is 4.79 Å². The van der Waals surface area contributed by atoms with E-state index >= 15 is 0 Å². The lowest BCUT2D eigenvalue weighted by Crippen LogP contribution is -2.50. The van der Waals surface area contributed by atoms with Gasteiger partial charge in [0.15, 0.2) is 0 Å². The van der Waals surface area contributed by atoms with E-state index in [0.29, 0.717) is 12.8 Å². The van der Waals surface area contributed by atoms with Gasteiger partial charge < -0.3 is 20.6 Å². The molecular formula is C37H71NO4. The van der Waals surface area contributed by atoms with Crippen molar-refractivity contribution in [2.24, 2.45) is 0 Å². The molecule has 5 heteroatoms. The zero-order valence-electron chi connectivity index (χ0n) is 27.9. The van der Waals surface area contributed by atoms with Crippen molar-refractivity contribution in [3.8, 4) is 0 Å². The average Bonchev–Trinajstić information content (AvgIpc) is 2.99. The largest absolute Gasteiger partial charge is 0.394 e. The SMILES string of the molecule is CCCC/C=C/CC/C=C/CCCC(O)C(O)C(CO)NC(=O)CCCCCCCCCCCCCCCCCCC. The Morgan fingerprint density at radius 2 is 0.976 bits per heavy atom. The maximum atomic E-state index is 12.3. The van der Waals surface area contributed by atoms with Crippen molar-refractivity contribution in [2.75, 3.05) is 6.61 Å². The average molecular weight is 594 g/mol. The van der Waals surface area contributed by atoms with Gasteiger partial charge in [-0.2, -0.15) is 0 Å². The molecule has 0 radical (unpaired) electrons. The maximum Gasteiger partial charge on any atom is 0.220 e. The maximum absolute atomic E-state index is 12.3. The lowest BCUT2D eigenvalue weighted by molar-refractivity contribution is -0.124. The summed E-state index contributed by atoms with van der Waals surface area (Å²) in [5.74, 6) is -0.159. The van der Waals surface area contributed by atoms with Gasteiger partial charge in [-0.3, -0.25) is 4.79 Å². The van der Waals surface area contributed by atoms with Gasteiger partial charge in [-0.05, 0) is 44.9 Å². The van der Waals surface area contributed by atoms with Crippen molar-refractivity contribution in [3.63, 3.8) is 0 Å². The Labute approximate surface area is 261 Å². The van der Waals surface area contributed by atoms with Crippen molar-refractivity contribution in [1.82, 2.24) is 5.32 Å². The number of hydrogen-bond donors (Lipinski definition) is 4. The normalized spacial score (nSPS) is 14.1. The summed E-state index contributed by atoms with van der Waals surface area (Å²) >= 11 is 0. The molecule has 0 saturated heterocycles. The van der Waals surface area contributed by atoms with E-state index in [0.717, 1.165) is 51.4 Å². The van der Waals surface area contributed by atoms with Gasteiger partial charge in [-0.15, -0.1) is 0 Å². The van der Waals surface area contributed by atoms with E-state index in [-0.39, 0.29) is 12.5 Å². The standard InChI is InChI=1S/C37H71NO4/c1-3-5-7-9-11-13-15-16-17-18-19-20-22-24-26-28-30-32-36(41)38-34(33-39)37(42)35(40)31-29-27-25-23-21-14-12-10-8-6-4-2/h10,12,23,25,34-35,37,39-40,42H,3-9,11,13-22,24,26-33H2,1-2H3,(H,38,41)/b12-10+,25-23+. The molecular weight excluding hydrogens is 522 g/mol. The third-order valence-electron chi connectivity index (χ3n) is 8.29. The molecule has 0 aliphatic carbocycles. The molecule has 5 nitrogen and oxygen atoms in total. The van der Waals surface area contributed by atoms with Crippen LogP contribution in [0.3, 0.4) is 0 Å². The molecule has 0 rings (SSSR count). The first-order valence-corrected chi connectivity index (χ1v) is 18.1. The van der Waals surface area contributed by atoms with Crippen LogP contribution in [0, 0.1) is 0 Å². The fourth-order valence-corrected chi connectivity index (χ4v) is 5.40. The lowest BCUT2D eigenvalue weighted by Gasteiger charge is -2.26. The van der Waals surface area contributed by atoms with E-state index in [4.69, 9.17) is 0 Å². The van der Waals surface area contributed by atoms with Crippen molar-refractivity contribution < 1.29 is 20.1 Å². The van der Waals surface area contributed by atoms with Crippen molar-refractivity contribution in [1.29, 1.82) is 0 Å². The highest BCUT2D eigenvalue weighted by atomic mass is 16.3. The number of aliphatic hydroxyl groups excluding tert-OH is 3. The molecule has 0 aromatic rings. The van der Waals surface area contributed by atoms with Crippen LogP contribution >= 0.6 is 0 Å². The minimum Gasteiger partial charge on any atom is -0.394 e. The number of aliphatic hydroxyl groups is 3. The molecule has 3 atom stereocenters. The number of carbonyl (C=O) groups excluding carboxylic acids is 1. The second kappa shape index (κ2) is 32.7. The van der Waals surface area contributed by atoms with E-state index in [1.807, 2.05) is 0 Å². The van der Waals surface area contributed by atoms with Crippen LogP contribution in [0.1, 0.15) is 181 Å². The monoisotopic (exact) mass is 594 g/mol. The molecule has 42 heavy (non-hydrogen) atoms. The smallest absolute Gasteiger partial charge is 0.220 e. The first-order chi connectivity index (χ1) is 20.6. The van der Waals surface area contributed by atoms with Gasteiger partial charge in [0.05, 0.1) is 18.8 Å². The number of allylic oxidation sites excluding steroid dienone is 4. The van der Waals surface area contributed by atoms with Gasteiger partial charge in [-0.1, -0.05) is 154 Å². The molecule has 0 saturated carbocycles. The number of unbranched alkanes of at least 4 members (excludes halogenated alkanes) is 20. The van der Waals surface area contributed by atoms with Crippen LogP contribution in [0.15, 0.2) is 24.3 Å². The third kappa shape index (κ3) is 27.7. The number of nitrogens with one attached hydrogen (secondary N) is 1. The quantitative estimate of drug-likeness (QED) is 0.0462. The van der Waals surface area contributed by atoms with Crippen LogP contribution in [0.5, 0.6) is 0 Å². The number of carbonyl (C=O) groups is 1. The molecule has 0 aromatic heterocycles. The Kier molecular flexibility index (Phi) is 31.8. The van der Waals surface area contributed by atoms with Gasteiger partial charge >= 0.3 is 0 Å². The highest BCUT2D eigenvalue weighted by Crippen LogP contribution is 2.15. The van der Waals surface area contributed by atoms with E-state index in [1.165, 1.54) is 103 Å². The topological polar surface area (TPSA) is 89.8 Å². The van der Waals surface area contributed by atoms with Gasteiger partial charge in [-0.25, -0.2) is 0 Å². The summed E-state index contributed by atoms with van der Waals surface area (Å²) in [6.45, 7) is 4.10. The summed E-state index contributed by atoms with van der Waals surface area (Å²) in [5, 5.41) is 33.2. The Bertz CT molecular complexity index is 621.